The second-order valence-corrected chi connectivity index (χ2v) is 5.28. The molecule has 0 fully saturated rings. The number of H-pyrrole nitrogens is 1. The van der Waals surface area contributed by atoms with Gasteiger partial charge in [0.25, 0.3) is 5.91 Å². The van der Waals surface area contributed by atoms with Crippen LogP contribution in [0.1, 0.15) is 23.3 Å². The molecule has 6 nitrogen and oxygen atoms in total. The van der Waals surface area contributed by atoms with Crippen LogP contribution >= 0.6 is 11.6 Å². The van der Waals surface area contributed by atoms with E-state index in [0.29, 0.717) is 29.4 Å². The summed E-state index contributed by atoms with van der Waals surface area (Å²) in [5.74, 6) is -1.11. The first kappa shape index (κ1) is 16.0. The zero-order valence-corrected chi connectivity index (χ0v) is 12.8. The van der Waals surface area contributed by atoms with Crippen LogP contribution in [-0.4, -0.2) is 45.7 Å². The van der Waals surface area contributed by atoms with Gasteiger partial charge in [0, 0.05) is 25.6 Å². The molecular weight excluding hydrogens is 306 g/mol. The Morgan fingerprint density at radius 1 is 1.36 bits per heavy atom. The predicted molar refractivity (Wildman–Crippen MR) is 82.9 cm³/mol. The molecule has 0 aliphatic rings. The number of benzene rings is 1. The van der Waals surface area contributed by atoms with Gasteiger partial charge in [-0.25, -0.2) is 0 Å². The van der Waals surface area contributed by atoms with E-state index in [1.54, 1.807) is 19.2 Å². The number of rotatable bonds is 6. The van der Waals surface area contributed by atoms with Crippen LogP contribution in [0.5, 0.6) is 0 Å². The van der Waals surface area contributed by atoms with Crippen LogP contribution in [0.3, 0.4) is 0 Å². The number of carboxylic acids is 1. The third-order valence-electron chi connectivity index (χ3n) is 3.19. The van der Waals surface area contributed by atoms with Gasteiger partial charge in [0.05, 0.1) is 10.7 Å². The van der Waals surface area contributed by atoms with Gasteiger partial charge in [-0.1, -0.05) is 29.8 Å². The van der Waals surface area contributed by atoms with Gasteiger partial charge >= 0.3 is 5.97 Å². The normalized spacial score (nSPS) is 10.5. The highest BCUT2D eigenvalue weighted by molar-refractivity contribution is 6.33. The number of halogens is 1. The molecule has 2 N–H and O–H groups in total. The fraction of sp³-hybridized carbons (Fsp3) is 0.267. The minimum Gasteiger partial charge on any atom is -0.481 e. The summed E-state index contributed by atoms with van der Waals surface area (Å²) in [6, 6.07) is 8.88. The van der Waals surface area contributed by atoms with E-state index in [4.69, 9.17) is 16.7 Å². The summed E-state index contributed by atoms with van der Waals surface area (Å²) in [6.07, 6.45) is 0.439. The number of nitrogens with one attached hydrogen (secondary N) is 1. The number of amides is 1. The first-order chi connectivity index (χ1) is 10.5. The molecule has 0 aliphatic heterocycles. The van der Waals surface area contributed by atoms with Gasteiger partial charge in [-0.15, -0.1) is 0 Å². The number of aromatic amines is 1. The maximum Gasteiger partial charge on any atom is 0.303 e. The van der Waals surface area contributed by atoms with Crippen molar-refractivity contribution < 1.29 is 14.7 Å². The third-order valence-corrected chi connectivity index (χ3v) is 3.52. The van der Waals surface area contributed by atoms with Crippen LogP contribution in [0.2, 0.25) is 5.02 Å². The van der Waals surface area contributed by atoms with Crippen molar-refractivity contribution in [3.63, 3.8) is 0 Å². The summed E-state index contributed by atoms with van der Waals surface area (Å²) in [5.41, 5.74) is 1.67. The average Bonchev–Trinajstić information content (AvgIpc) is 2.96. The summed E-state index contributed by atoms with van der Waals surface area (Å²) in [6.45, 7) is 0.367. The van der Waals surface area contributed by atoms with Crippen LogP contribution in [0.25, 0.3) is 11.3 Å². The molecule has 0 bridgehead atoms. The lowest BCUT2D eigenvalue weighted by atomic mass is 10.1. The molecule has 2 rings (SSSR count). The zero-order chi connectivity index (χ0) is 16.1. The monoisotopic (exact) mass is 321 g/mol. The van der Waals surface area contributed by atoms with Crippen molar-refractivity contribution in [1.82, 2.24) is 15.1 Å². The zero-order valence-electron chi connectivity index (χ0n) is 12.0. The SMILES string of the molecule is CN(CCCC(=O)O)C(=O)c1cc(-c2ccccc2Cl)n[nH]1. The number of carbonyl (C=O) groups is 2. The molecule has 0 saturated carbocycles. The number of carbonyl (C=O) groups excluding carboxylic acids is 1. The summed E-state index contributed by atoms with van der Waals surface area (Å²) < 4.78 is 0. The van der Waals surface area contributed by atoms with Gasteiger partial charge in [-0.2, -0.15) is 5.10 Å². The van der Waals surface area contributed by atoms with Crippen molar-refractivity contribution >= 4 is 23.5 Å². The molecular formula is C15H16ClN3O3. The minimum atomic E-state index is -0.872. The van der Waals surface area contributed by atoms with Crippen molar-refractivity contribution in [1.29, 1.82) is 0 Å². The van der Waals surface area contributed by atoms with E-state index < -0.39 is 5.97 Å². The predicted octanol–water partition coefficient (Wildman–Crippen LogP) is 2.67. The largest absolute Gasteiger partial charge is 0.481 e. The number of carboxylic acid groups (broad SMARTS) is 1. The Labute approximate surface area is 132 Å². The maximum absolute atomic E-state index is 12.2. The van der Waals surface area contributed by atoms with E-state index in [1.165, 1.54) is 4.90 Å². The van der Waals surface area contributed by atoms with Gasteiger partial charge in [0.15, 0.2) is 0 Å². The lowest BCUT2D eigenvalue weighted by Crippen LogP contribution is -2.28. The molecule has 0 radical (unpaired) electrons. The van der Waals surface area contributed by atoms with E-state index in [9.17, 15) is 9.59 Å². The average molecular weight is 322 g/mol. The summed E-state index contributed by atoms with van der Waals surface area (Å²) in [7, 11) is 1.63. The highest BCUT2D eigenvalue weighted by atomic mass is 35.5. The van der Waals surface area contributed by atoms with Crippen LogP contribution < -0.4 is 0 Å². The lowest BCUT2D eigenvalue weighted by Gasteiger charge is -2.15. The Kier molecular flexibility index (Phi) is 5.16. The quantitative estimate of drug-likeness (QED) is 0.856. The standard InChI is InChI=1S/C15H16ClN3O3/c1-19(8-4-7-14(20)21)15(22)13-9-12(17-18-13)10-5-2-3-6-11(10)16/h2-3,5-6,9H,4,7-8H2,1H3,(H,17,18)(H,20,21). The van der Waals surface area contributed by atoms with E-state index in [0.717, 1.165) is 5.56 Å². The molecule has 1 aromatic heterocycles. The third kappa shape index (κ3) is 3.85. The number of hydrogen-bond donors (Lipinski definition) is 2. The van der Waals surface area contributed by atoms with Gasteiger partial charge in [-0.3, -0.25) is 14.7 Å². The minimum absolute atomic E-state index is 0.0332. The molecule has 1 aromatic carbocycles. The summed E-state index contributed by atoms with van der Waals surface area (Å²) >= 11 is 6.10. The molecule has 0 aliphatic carbocycles. The van der Waals surface area contributed by atoms with Crippen molar-refractivity contribution in [3.8, 4) is 11.3 Å². The van der Waals surface area contributed by atoms with Crippen molar-refractivity contribution in [2.45, 2.75) is 12.8 Å². The van der Waals surface area contributed by atoms with Crippen LogP contribution in [0.15, 0.2) is 30.3 Å². The fourth-order valence-electron chi connectivity index (χ4n) is 2.01. The molecule has 0 unspecified atom stereocenters. The molecule has 1 heterocycles. The molecule has 1 amide bonds. The number of hydrogen-bond acceptors (Lipinski definition) is 3. The van der Waals surface area contributed by atoms with Crippen LogP contribution in [-0.2, 0) is 4.79 Å². The number of aromatic nitrogens is 2. The molecule has 116 valence electrons. The van der Waals surface area contributed by atoms with Crippen molar-refractivity contribution in [2.75, 3.05) is 13.6 Å². The van der Waals surface area contributed by atoms with Crippen LogP contribution in [0, 0.1) is 0 Å². The Bertz CT molecular complexity index is 684. The Hall–Kier alpha value is -2.34. The molecule has 22 heavy (non-hydrogen) atoms. The first-order valence-electron chi connectivity index (χ1n) is 6.76. The Morgan fingerprint density at radius 3 is 2.77 bits per heavy atom. The summed E-state index contributed by atoms with van der Waals surface area (Å²) in [5, 5.41) is 16.0. The molecule has 7 heteroatoms. The lowest BCUT2D eigenvalue weighted by molar-refractivity contribution is -0.137. The molecule has 0 spiro atoms. The number of nitrogens with zero attached hydrogens (tertiary/aromatic N) is 2. The van der Waals surface area contributed by atoms with Crippen molar-refractivity contribution in [3.05, 3.63) is 41.0 Å². The topological polar surface area (TPSA) is 86.3 Å². The first-order valence-corrected chi connectivity index (χ1v) is 7.14. The van der Waals surface area contributed by atoms with Gasteiger partial charge in [-0.05, 0) is 18.6 Å². The Balaban J connectivity index is 2.06. The van der Waals surface area contributed by atoms with Gasteiger partial charge < -0.3 is 10.0 Å². The molecule has 2 aromatic rings. The molecule has 0 saturated heterocycles. The van der Waals surface area contributed by atoms with E-state index in [1.807, 2.05) is 18.2 Å². The highest BCUT2D eigenvalue weighted by Crippen LogP contribution is 2.26. The maximum atomic E-state index is 12.2. The summed E-state index contributed by atoms with van der Waals surface area (Å²) in [4.78, 5) is 24.2. The van der Waals surface area contributed by atoms with E-state index in [2.05, 4.69) is 10.2 Å². The van der Waals surface area contributed by atoms with E-state index >= 15 is 0 Å². The van der Waals surface area contributed by atoms with Gasteiger partial charge in [0.1, 0.15) is 5.69 Å². The smallest absolute Gasteiger partial charge is 0.303 e. The second-order valence-electron chi connectivity index (χ2n) is 4.87. The second kappa shape index (κ2) is 7.09. The van der Waals surface area contributed by atoms with Crippen LogP contribution in [0.4, 0.5) is 0 Å². The van der Waals surface area contributed by atoms with E-state index in [-0.39, 0.29) is 12.3 Å². The fourth-order valence-corrected chi connectivity index (χ4v) is 2.25. The van der Waals surface area contributed by atoms with Crippen molar-refractivity contribution in [2.24, 2.45) is 0 Å². The molecule has 0 atom stereocenters. The number of aliphatic carboxylic acids is 1. The Morgan fingerprint density at radius 2 is 2.09 bits per heavy atom. The van der Waals surface area contributed by atoms with Gasteiger partial charge in [0.2, 0.25) is 0 Å². The highest BCUT2D eigenvalue weighted by Gasteiger charge is 2.16.